The lowest BCUT2D eigenvalue weighted by Crippen LogP contribution is -2.46. The Bertz CT molecular complexity index is 299. The smallest absolute Gasteiger partial charge is 0.242 e. The summed E-state index contributed by atoms with van der Waals surface area (Å²) >= 11 is 0. The van der Waals surface area contributed by atoms with E-state index in [0.29, 0.717) is 12.3 Å². The second-order valence-corrected chi connectivity index (χ2v) is 5.52. The predicted molar refractivity (Wildman–Crippen MR) is 70.9 cm³/mol. The van der Waals surface area contributed by atoms with Crippen molar-refractivity contribution in [3.05, 3.63) is 0 Å². The van der Waals surface area contributed by atoms with Crippen molar-refractivity contribution < 1.29 is 9.59 Å². The zero-order valence-corrected chi connectivity index (χ0v) is 11.7. The van der Waals surface area contributed by atoms with Crippen molar-refractivity contribution in [3.63, 3.8) is 0 Å². The molecule has 1 rings (SSSR count). The van der Waals surface area contributed by atoms with Crippen LogP contribution >= 0.6 is 0 Å². The van der Waals surface area contributed by atoms with E-state index in [9.17, 15) is 9.59 Å². The highest BCUT2D eigenvalue weighted by Gasteiger charge is 2.24. The van der Waals surface area contributed by atoms with E-state index in [-0.39, 0.29) is 18.4 Å². The molecule has 0 aromatic heterocycles. The van der Waals surface area contributed by atoms with Crippen LogP contribution in [0, 0.1) is 5.92 Å². The highest BCUT2D eigenvalue weighted by atomic mass is 16.2. The van der Waals surface area contributed by atoms with Crippen molar-refractivity contribution in [2.45, 2.75) is 39.2 Å². The molecule has 0 aliphatic carbocycles. The number of hydrogen-bond donors (Lipinski definition) is 1. The first-order valence-corrected chi connectivity index (χ1v) is 6.70. The Hall–Kier alpha value is -1.10. The van der Waals surface area contributed by atoms with E-state index < -0.39 is 6.04 Å². The van der Waals surface area contributed by atoms with E-state index in [1.807, 2.05) is 18.7 Å². The average Bonchev–Trinajstić information content (AvgIpc) is 2.80. The largest absolute Gasteiger partial charge is 0.341 e. The number of nitrogens with zero attached hydrogens (tertiary/aromatic N) is 2. The summed E-state index contributed by atoms with van der Waals surface area (Å²) in [5, 5.41) is 0. The summed E-state index contributed by atoms with van der Waals surface area (Å²) in [6, 6.07) is -0.499. The first-order valence-electron chi connectivity index (χ1n) is 6.70. The van der Waals surface area contributed by atoms with Crippen LogP contribution in [0.2, 0.25) is 0 Å². The van der Waals surface area contributed by atoms with E-state index in [1.165, 1.54) is 4.90 Å². The molecule has 5 heteroatoms. The Balaban J connectivity index is 2.41. The molecule has 0 saturated carbocycles. The molecule has 18 heavy (non-hydrogen) atoms. The maximum Gasteiger partial charge on any atom is 0.242 e. The second kappa shape index (κ2) is 6.73. The second-order valence-electron chi connectivity index (χ2n) is 5.52. The van der Waals surface area contributed by atoms with Gasteiger partial charge in [-0.25, -0.2) is 0 Å². The first kappa shape index (κ1) is 15.0. The standard InChI is InChI=1S/C13H25N3O2/c1-10(2)8-11(14)13(18)15(3)9-12(17)16-6-4-5-7-16/h10-11H,4-9,14H2,1-3H3/t11-/m1/s1. The minimum atomic E-state index is -0.499. The van der Waals surface area contributed by atoms with Crippen LogP contribution in [-0.2, 0) is 9.59 Å². The van der Waals surface area contributed by atoms with Gasteiger partial charge in [-0.3, -0.25) is 9.59 Å². The highest BCUT2D eigenvalue weighted by molar-refractivity contribution is 5.87. The summed E-state index contributed by atoms with van der Waals surface area (Å²) < 4.78 is 0. The Kier molecular flexibility index (Phi) is 5.59. The molecule has 1 saturated heterocycles. The fraction of sp³-hybridized carbons (Fsp3) is 0.846. The molecule has 0 spiro atoms. The molecule has 1 aliphatic rings. The number of nitrogens with two attached hydrogens (primary N) is 1. The van der Waals surface area contributed by atoms with Crippen molar-refractivity contribution in [1.29, 1.82) is 0 Å². The zero-order chi connectivity index (χ0) is 13.7. The van der Waals surface area contributed by atoms with Gasteiger partial charge in [-0.15, -0.1) is 0 Å². The van der Waals surface area contributed by atoms with Crippen LogP contribution in [0.3, 0.4) is 0 Å². The molecule has 0 unspecified atom stereocenters. The average molecular weight is 255 g/mol. The highest BCUT2D eigenvalue weighted by Crippen LogP contribution is 2.09. The van der Waals surface area contributed by atoms with Crippen LogP contribution in [0.4, 0.5) is 0 Å². The van der Waals surface area contributed by atoms with Crippen molar-refractivity contribution in [3.8, 4) is 0 Å². The van der Waals surface area contributed by atoms with Gasteiger partial charge in [-0.2, -0.15) is 0 Å². The molecule has 0 aromatic carbocycles. The fourth-order valence-electron chi connectivity index (χ4n) is 2.24. The molecule has 1 heterocycles. The minimum absolute atomic E-state index is 0.0279. The van der Waals surface area contributed by atoms with Gasteiger partial charge in [0.1, 0.15) is 0 Å². The summed E-state index contributed by atoms with van der Waals surface area (Å²) in [5.74, 6) is 0.267. The molecule has 2 N–H and O–H groups in total. The van der Waals surface area contributed by atoms with E-state index in [2.05, 4.69) is 0 Å². The molecule has 5 nitrogen and oxygen atoms in total. The van der Waals surface area contributed by atoms with Gasteiger partial charge in [-0.05, 0) is 25.2 Å². The summed E-state index contributed by atoms with van der Waals surface area (Å²) in [7, 11) is 1.65. The van der Waals surface area contributed by atoms with Crippen LogP contribution in [0.25, 0.3) is 0 Å². The topological polar surface area (TPSA) is 66.6 Å². The molecule has 0 aromatic rings. The van der Waals surface area contributed by atoms with Crippen LogP contribution in [0.15, 0.2) is 0 Å². The lowest BCUT2D eigenvalue weighted by Gasteiger charge is -2.24. The van der Waals surface area contributed by atoms with Crippen molar-refractivity contribution in [2.24, 2.45) is 11.7 Å². The van der Waals surface area contributed by atoms with Crippen LogP contribution in [0.1, 0.15) is 33.1 Å². The van der Waals surface area contributed by atoms with Gasteiger partial charge < -0.3 is 15.5 Å². The van der Waals surface area contributed by atoms with Crippen molar-refractivity contribution in [1.82, 2.24) is 9.80 Å². The monoisotopic (exact) mass is 255 g/mol. The molecule has 1 fully saturated rings. The Morgan fingerprint density at radius 1 is 1.28 bits per heavy atom. The van der Waals surface area contributed by atoms with Gasteiger partial charge in [0.25, 0.3) is 0 Å². The van der Waals surface area contributed by atoms with Gasteiger partial charge in [0.05, 0.1) is 12.6 Å². The first-order chi connectivity index (χ1) is 8.41. The lowest BCUT2D eigenvalue weighted by atomic mass is 10.0. The summed E-state index contributed by atoms with van der Waals surface area (Å²) in [4.78, 5) is 27.1. The third kappa shape index (κ3) is 4.29. The Labute approximate surface area is 109 Å². The number of carbonyl (C=O) groups is 2. The third-order valence-corrected chi connectivity index (χ3v) is 3.25. The Morgan fingerprint density at radius 3 is 2.33 bits per heavy atom. The molecule has 104 valence electrons. The van der Waals surface area contributed by atoms with Gasteiger partial charge in [-0.1, -0.05) is 13.8 Å². The number of hydrogen-bond acceptors (Lipinski definition) is 3. The SMILES string of the molecule is CC(C)C[C@@H](N)C(=O)N(C)CC(=O)N1CCCC1. The van der Waals surface area contributed by atoms with Gasteiger partial charge in [0.2, 0.25) is 11.8 Å². The minimum Gasteiger partial charge on any atom is -0.341 e. The summed E-state index contributed by atoms with van der Waals surface area (Å²) in [6.07, 6.45) is 2.79. The van der Waals surface area contributed by atoms with E-state index in [4.69, 9.17) is 5.73 Å². The lowest BCUT2D eigenvalue weighted by molar-refractivity contribution is -0.139. The van der Waals surface area contributed by atoms with E-state index >= 15 is 0 Å². The summed E-state index contributed by atoms with van der Waals surface area (Å²) in [5.41, 5.74) is 5.83. The van der Waals surface area contributed by atoms with E-state index in [0.717, 1.165) is 25.9 Å². The maximum absolute atomic E-state index is 12.0. The summed E-state index contributed by atoms with van der Waals surface area (Å²) in [6.45, 7) is 5.84. The molecular weight excluding hydrogens is 230 g/mol. The third-order valence-electron chi connectivity index (χ3n) is 3.25. The van der Waals surface area contributed by atoms with Crippen LogP contribution < -0.4 is 5.73 Å². The molecule has 0 radical (unpaired) electrons. The fourth-order valence-corrected chi connectivity index (χ4v) is 2.24. The maximum atomic E-state index is 12.0. The number of amides is 2. The zero-order valence-electron chi connectivity index (χ0n) is 11.7. The van der Waals surface area contributed by atoms with Crippen molar-refractivity contribution >= 4 is 11.8 Å². The van der Waals surface area contributed by atoms with Crippen molar-refractivity contribution in [2.75, 3.05) is 26.7 Å². The van der Waals surface area contributed by atoms with E-state index in [1.54, 1.807) is 7.05 Å². The molecular formula is C13H25N3O2. The molecule has 1 atom stereocenters. The molecule has 0 bridgehead atoms. The number of likely N-dealkylation sites (N-methyl/N-ethyl adjacent to an activating group) is 1. The Morgan fingerprint density at radius 2 is 1.83 bits per heavy atom. The number of rotatable bonds is 5. The predicted octanol–water partition coefficient (Wildman–Crippen LogP) is 0.441. The van der Waals surface area contributed by atoms with Crippen LogP contribution in [-0.4, -0.2) is 54.3 Å². The number of carbonyl (C=O) groups excluding carboxylic acids is 2. The normalized spacial score (nSPS) is 17.1. The van der Waals surface area contributed by atoms with Gasteiger partial charge >= 0.3 is 0 Å². The molecule has 2 amide bonds. The quantitative estimate of drug-likeness (QED) is 0.775. The number of likely N-dealkylation sites (tertiary alicyclic amines) is 1. The van der Waals surface area contributed by atoms with Gasteiger partial charge in [0, 0.05) is 20.1 Å². The molecule has 1 aliphatic heterocycles. The van der Waals surface area contributed by atoms with Crippen LogP contribution in [0.5, 0.6) is 0 Å². The van der Waals surface area contributed by atoms with Gasteiger partial charge in [0.15, 0.2) is 0 Å².